The molecule has 2 aromatic heterocycles. The van der Waals surface area contributed by atoms with Gasteiger partial charge in [-0.2, -0.15) is 0 Å². The van der Waals surface area contributed by atoms with Crippen LogP contribution >= 0.6 is 11.3 Å². The molecule has 0 aliphatic rings. The first-order valence-corrected chi connectivity index (χ1v) is 6.14. The van der Waals surface area contributed by atoms with Crippen LogP contribution in [0.15, 0.2) is 23.0 Å². The standard InChI is InChI=1S/C11H12N4O2S/c1-7-4-3-5-10(17)15(7)6-9(16)12-11-14-13-8(2)18-11/h3-5H,6H2,1-2H3,(H,12,14,16). The Kier molecular flexibility index (Phi) is 3.52. The predicted octanol–water partition coefficient (Wildman–Crippen LogP) is 0.955. The molecule has 0 saturated carbocycles. The SMILES string of the molecule is Cc1nnc(NC(=O)Cn2c(C)cccc2=O)s1. The Morgan fingerprint density at radius 3 is 2.78 bits per heavy atom. The third-order valence-corrected chi connectivity index (χ3v) is 3.10. The lowest BCUT2D eigenvalue weighted by molar-refractivity contribution is -0.116. The fourth-order valence-corrected chi connectivity index (χ4v) is 2.08. The quantitative estimate of drug-likeness (QED) is 0.895. The van der Waals surface area contributed by atoms with Gasteiger partial charge < -0.3 is 4.57 Å². The first-order chi connectivity index (χ1) is 8.56. The van der Waals surface area contributed by atoms with E-state index in [0.717, 1.165) is 10.7 Å². The second-order valence-corrected chi connectivity index (χ2v) is 4.95. The van der Waals surface area contributed by atoms with E-state index < -0.39 is 0 Å². The van der Waals surface area contributed by atoms with Gasteiger partial charge in [-0.05, 0) is 19.9 Å². The van der Waals surface area contributed by atoms with Crippen molar-refractivity contribution in [3.63, 3.8) is 0 Å². The first-order valence-electron chi connectivity index (χ1n) is 5.32. The molecule has 0 aliphatic carbocycles. The Morgan fingerprint density at radius 2 is 2.17 bits per heavy atom. The molecule has 0 unspecified atom stereocenters. The molecule has 1 amide bonds. The molecular weight excluding hydrogens is 252 g/mol. The van der Waals surface area contributed by atoms with Gasteiger partial charge in [0.1, 0.15) is 11.6 Å². The first kappa shape index (κ1) is 12.4. The summed E-state index contributed by atoms with van der Waals surface area (Å²) in [7, 11) is 0. The lowest BCUT2D eigenvalue weighted by Crippen LogP contribution is -2.28. The molecular formula is C11H12N4O2S. The number of anilines is 1. The Morgan fingerprint density at radius 1 is 1.39 bits per heavy atom. The van der Waals surface area contributed by atoms with Crippen molar-refractivity contribution in [3.05, 3.63) is 39.3 Å². The largest absolute Gasteiger partial charge is 0.304 e. The van der Waals surface area contributed by atoms with Gasteiger partial charge in [0.05, 0.1) is 0 Å². The minimum atomic E-state index is -0.289. The zero-order valence-electron chi connectivity index (χ0n) is 10.0. The van der Waals surface area contributed by atoms with E-state index in [9.17, 15) is 9.59 Å². The summed E-state index contributed by atoms with van der Waals surface area (Å²) in [4.78, 5) is 23.4. The van der Waals surface area contributed by atoms with Crippen LogP contribution < -0.4 is 10.9 Å². The third kappa shape index (κ3) is 2.80. The van der Waals surface area contributed by atoms with Crippen molar-refractivity contribution in [2.24, 2.45) is 0 Å². The zero-order valence-corrected chi connectivity index (χ0v) is 10.8. The minimum absolute atomic E-state index is 0.0237. The van der Waals surface area contributed by atoms with E-state index in [2.05, 4.69) is 15.5 Å². The second kappa shape index (κ2) is 5.09. The highest BCUT2D eigenvalue weighted by Gasteiger charge is 2.09. The highest BCUT2D eigenvalue weighted by Crippen LogP contribution is 2.13. The number of aryl methyl sites for hydroxylation is 2. The van der Waals surface area contributed by atoms with Gasteiger partial charge in [-0.15, -0.1) is 10.2 Å². The van der Waals surface area contributed by atoms with Gasteiger partial charge >= 0.3 is 0 Å². The normalized spacial score (nSPS) is 10.3. The average Bonchev–Trinajstić information content (AvgIpc) is 2.69. The van der Waals surface area contributed by atoms with Crippen LogP contribution in [0.3, 0.4) is 0 Å². The zero-order chi connectivity index (χ0) is 13.1. The number of hydrogen-bond donors (Lipinski definition) is 1. The van der Waals surface area contributed by atoms with Crippen LogP contribution in [0.4, 0.5) is 5.13 Å². The number of hydrogen-bond acceptors (Lipinski definition) is 5. The highest BCUT2D eigenvalue weighted by atomic mass is 32.1. The number of carbonyl (C=O) groups is 1. The van der Waals surface area contributed by atoms with E-state index >= 15 is 0 Å². The van der Waals surface area contributed by atoms with Crippen LogP contribution in [0.5, 0.6) is 0 Å². The van der Waals surface area contributed by atoms with Crippen LogP contribution in [-0.4, -0.2) is 20.7 Å². The molecule has 0 aromatic carbocycles. The Hall–Kier alpha value is -2.02. The van der Waals surface area contributed by atoms with Crippen LogP contribution in [-0.2, 0) is 11.3 Å². The van der Waals surface area contributed by atoms with Crippen LogP contribution in [0.2, 0.25) is 0 Å². The number of nitrogens with zero attached hydrogens (tertiary/aromatic N) is 3. The van der Waals surface area contributed by atoms with E-state index in [0.29, 0.717) is 5.13 Å². The average molecular weight is 264 g/mol. The van der Waals surface area contributed by atoms with Gasteiger partial charge in [0, 0.05) is 11.8 Å². The molecule has 94 valence electrons. The van der Waals surface area contributed by atoms with Crippen molar-refractivity contribution in [2.45, 2.75) is 20.4 Å². The lowest BCUT2D eigenvalue weighted by Gasteiger charge is -2.08. The van der Waals surface area contributed by atoms with Crippen molar-refractivity contribution in [1.82, 2.24) is 14.8 Å². The number of amides is 1. The van der Waals surface area contributed by atoms with E-state index in [1.54, 1.807) is 26.0 Å². The molecule has 6 nitrogen and oxygen atoms in total. The topological polar surface area (TPSA) is 76.9 Å². The third-order valence-electron chi connectivity index (χ3n) is 2.34. The monoisotopic (exact) mass is 264 g/mol. The predicted molar refractivity (Wildman–Crippen MR) is 68.7 cm³/mol. The van der Waals surface area contributed by atoms with Gasteiger partial charge in [0.2, 0.25) is 11.0 Å². The molecule has 0 aliphatic heterocycles. The van der Waals surface area contributed by atoms with E-state index in [1.807, 2.05) is 0 Å². The number of aromatic nitrogens is 3. The molecule has 0 saturated heterocycles. The van der Waals surface area contributed by atoms with Crippen molar-refractivity contribution in [2.75, 3.05) is 5.32 Å². The van der Waals surface area contributed by atoms with Gasteiger partial charge in [0.25, 0.3) is 5.56 Å². The molecule has 0 radical (unpaired) electrons. The smallest absolute Gasteiger partial charge is 0.251 e. The molecule has 0 fully saturated rings. The maximum absolute atomic E-state index is 11.8. The summed E-state index contributed by atoms with van der Waals surface area (Å²) >= 11 is 1.29. The summed E-state index contributed by atoms with van der Waals surface area (Å²) in [5.41, 5.74) is 0.546. The van der Waals surface area contributed by atoms with Gasteiger partial charge in [-0.3, -0.25) is 14.9 Å². The van der Waals surface area contributed by atoms with E-state index in [-0.39, 0.29) is 18.0 Å². The lowest BCUT2D eigenvalue weighted by atomic mass is 10.3. The summed E-state index contributed by atoms with van der Waals surface area (Å²) in [6, 6.07) is 4.87. The summed E-state index contributed by atoms with van der Waals surface area (Å²) in [5, 5.41) is 11.4. The van der Waals surface area contributed by atoms with Crippen molar-refractivity contribution in [1.29, 1.82) is 0 Å². The van der Waals surface area contributed by atoms with Crippen molar-refractivity contribution < 1.29 is 4.79 Å². The molecule has 0 bridgehead atoms. The van der Waals surface area contributed by atoms with Gasteiger partial charge in [-0.1, -0.05) is 17.4 Å². The molecule has 0 atom stereocenters. The van der Waals surface area contributed by atoms with Crippen LogP contribution in [0.1, 0.15) is 10.7 Å². The van der Waals surface area contributed by atoms with E-state index in [1.165, 1.54) is 22.0 Å². The van der Waals surface area contributed by atoms with E-state index in [4.69, 9.17) is 0 Å². The van der Waals surface area contributed by atoms with Crippen LogP contribution in [0.25, 0.3) is 0 Å². The summed E-state index contributed by atoms with van der Waals surface area (Å²) in [5.74, 6) is -0.289. The number of nitrogens with one attached hydrogen (secondary N) is 1. The molecule has 2 heterocycles. The molecule has 18 heavy (non-hydrogen) atoms. The minimum Gasteiger partial charge on any atom is -0.304 e. The fraction of sp³-hybridized carbons (Fsp3) is 0.273. The Balaban J connectivity index is 2.10. The summed E-state index contributed by atoms with van der Waals surface area (Å²) in [6.07, 6.45) is 0. The number of rotatable bonds is 3. The molecule has 1 N–H and O–H groups in total. The maximum atomic E-state index is 11.8. The fourth-order valence-electron chi connectivity index (χ4n) is 1.48. The van der Waals surface area contributed by atoms with Crippen molar-refractivity contribution in [3.8, 4) is 0 Å². The molecule has 2 aromatic rings. The summed E-state index contributed by atoms with van der Waals surface area (Å²) in [6.45, 7) is 3.56. The Bertz CT molecular complexity index is 632. The maximum Gasteiger partial charge on any atom is 0.251 e. The number of carbonyl (C=O) groups excluding carboxylic acids is 1. The van der Waals surface area contributed by atoms with Crippen molar-refractivity contribution >= 4 is 22.4 Å². The number of pyridine rings is 1. The summed E-state index contributed by atoms with van der Waals surface area (Å²) < 4.78 is 1.41. The van der Waals surface area contributed by atoms with Gasteiger partial charge in [-0.25, -0.2) is 0 Å². The highest BCUT2D eigenvalue weighted by molar-refractivity contribution is 7.15. The Labute approximate surface area is 107 Å². The molecule has 0 spiro atoms. The molecule has 2 rings (SSSR count). The van der Waals surface area contributed by atoms with Crippen LogP contribution in [0, 0.1) is 13.8 Å². The molecule has 7 heteroatoms. The second-order valence-electron chi connectivity index (χ2n) is 3.77. The van der Waals surface area contributed by atoms with Gasteiger partial charge in [0.15, 0.2) is 0 Å².